The molecule has 0 bridgehead atoms. The molecule has 0 saturated carbocycles. The van der Waals surface area contributed by atoms with Crippen LogP contribution in [0.1, 0.15) is 53.7 Å². The zero-order valence-electron chi connectivity index (χ0n) is 14.5. The summed E-state index contributed by atoms with van der Waals surface area (Å²) < 4.78 is 0. The van der Waals surface area contributed by atoms with Gasteiger partial charge in [0.25, 0.3) is 5.91 Å². The zero-order valence-corrected chi connectivity index (χ0v) is 14.5. The minimum absolute atomic E-state index is 0.0254. The first-order valence-electron chi connectivity index (χ1n) is 8.86. The van der Waals surface area contributed by atoms with E-state index in [-0.39, 0.29) is 30.3 Å². The SMILES string of the molecule is C[C@H](CC(=O)N[C@@H]1CCCc2ccccc21)NC(=O)c1ccccc1. The molecule has 25 heavy (non-hydrogen) atoms. The normalized spacial score (nSPS) is 17.2. The van der Waals surface area contributed by atoms with Crippen molar-refractivity contribution in [3.05, 3.63) is 71.3 Å². The van der Waals surface area contributed by atoms with Crippen LogP contribution in [0.5, 0.6) is 0 Å². The van der Waals surface area contributed by atoms with Crippen molar-refractivity contribution in [3.8, 4) is 0 Å². The van der Waals surface area contributed by atoms with Gasteiger partial charge in [-0.2, -0.15) is 0 Å². The lowest BCUT2D eigenvalue weighted by atomic mass is 9.87. The average Bonchev–Trinajstić information content (AvgIpc) is 2.62. The number of fused-ring (bicyclic) bond motifs is 1. The largest absolute Gasteiger partial charge is 0.349 e. The van der Waals surface area contributed by atoms with Crippen LogP contribution in [-0.2, 0) is 11.2 Å². The summed E-state index contributed by atoms with van der Waals surface area (Å²) in [5.74, 6) is -0.175. The van der Waals surface area contributed by atoms with Crippen molar-refractivity contribution < 1.29 is 9.59 Å². The third-order valence-corrected chi connectivity index (χ3v) is 4.61. The smallest absolute Gasteiger partial charge is 0.251 e. The molecule has 1 aliphatic carbocycles. The van der Waals surface area contributed by atoms with Crippen molar-refractivity contribution in [3.63, 3.8) is 0 Å². The molecule has 2 atom stereocenters. The number of benzene rings is 2. The number of hydrogen-bond donors (Lipinski definition) is 2. The fraction of sp³-hybridized carbons (Fsp3) is 0.333. The van der Waals surface area contributed by atoms with Crippen molar-refractivity contribution in [2.24, 2.45) is 0 Å². The molecule has 0 heterocycles. The minimum Gasteiger partial charge on any atom is -0.349 e. The Morgan fingerprint density at radius 2 is 1.80 bits per heavy atom. The van der Waals surface area contributed by atoms with Gasteiger partial charge in [0.15, 0.2) is 0 Å². The molecule has 2 amide bonds. The van der Waals surface area contributed by atoms with E-state index in [0.717, 1.165) is 19.3 Å². The lowest BCUT2D eigenvalue weighted by Crippen LogP contribution is -2.38. The van der Waals surface area contributed by atoms with E-state index in [1.54, 1.807) is 12.1 Å². The van der Waals surface area contributed by atoms with Crippen molar-refractivity contribution in [1.29, 1.82) is 0 Å². The van der Waals surface area contributed by atoms with Crippen LogP contribution < -0.4 is 10.6 Å². The summed E-state index contributed by atoms with van der Waals surface area (Å²) in [7, 11) is 0. The van der Waals surface area contributed by atoms with E-state index < -0.39 is 0 Å². The maximum absolute atomic E-state index is 12.4. The number of rotatable bonds is 5. The monoisotopic (exact) mass is 336 g/mol. The van der Waals surface area contributed by atoms with Gasteiger partial charge in [0.1, 0.15) is 0 Å². The van der Waals surface area contributed by atoms with Crippen LogP contribution >= 0.6 is 0 Å². The van der Waals surface area contributed by atoms with Gasteiger partial charge in [0.05, 0.1) is 6.04 Å². The Labute approximate surface area is 148 Å². The summed E-state index contributed by atoms with van der Waals surface area (Å²) in [5, 5.41) is 6.01. The highest BCUT2D eigenvalue weighted by atomic mass is 16.2. The molecule has 2 aromatic rings. The second-order valence-corrected chi connectivity index (χ2v) is 6.66. The molecule has 0 saturated heterocycles. The highest BCUT2D eigenvalue weighted by Gasteiger charge is 2.22. The first-order chi connectivity index (χ1) is 12.1. The van der Waals surface area contributed by atoms with Crippen LogP contribution in [0, 0.1) is 0 Å². The van der Waals surface area contributed by atoms with Gasteiger partial charge in [-0.05, 0) is 49.4 Å². The van der Waals surface area contributed by atoms with Gasteiger partial charge in [-0.15, -0.1) is 0 Å². The van der Waals surface area contributed by atoms with Crippen molar-refractivity contribution in [1.82, 2.24) is 10.6 Å². The molecule has 130 valence electrons. The standard InChI is InChI=1S/C21H24N2O2/c1-15(22-21(25)17-9-3-2-4-10-17)14-20(24)23-19-13-7-11-16-8-5-6-12-18(16)19/h2-6,8-10,12,15,19H,7,11,13-14H2,1H3,(H,22,25)(H,23,24)/t15-,19-/m1/s1. The van der Waals surface area contributed by atoms with Crippen LogP contribution in [-0.4, -0.2) is 17.9 Å². The fourth-order valence-corrected chi connectivity index (χ4v) is 3.38. The van der Waals surface area contributed by atoms with Crippen LogP contribution in [0.4, 0.5) is 0 Å². The quantitative estimate of drug-likeness (QED) is 0.879. The van der Waals surface area contributed by atoms with E-state index in [1.165, 1.54) is 11.1 Å². The number of carbonyl (C=O) groups is 2. The summed E-state index contributed by atoms with van der Waals surface area (Å²) in [6, 6.07) is 17.2. The van der Waals surface area contributed by atoms with Gasteiger partial charge in [0, 0.05) is 18.0 Å². The molecule has 4 nitrogen and oxygen atoms in total. The van der Waals surface area contributed by atoms with Gasteiger partial charge in [-0.1, -0.05) is 42.5 Å². The Bertz CT molecular complexity index is 743. The summed E-state index contributed by atoms with van der Waals surface area (Å²) in [5.41, 5.74) is 3.16. The molecular formula is C21H24N2O2. The van der Waals surface area contributed by atoms with Crippen LogP contribution in [0.25, 0.3) is 0 Å². The molecule has 0 aliphatic heterocycles. The number of nitrogens with one attached hydrogen (secondary N) is 2. The molecule has 2 aromatic carbocycles. The zero-order chi connectivity index (χ0) is 17.6. The molecule has 0 aromatic heterocycles. The molecule has 3 rings (SSSR count). The lowest BCUT2D eigenvalue weighted by molar-refractivity contribution is -0.122. The Kier molecular flexibility index (Phi) is 5.49. The third kappa shape index (κ3) is 4.47. The number of amides is 2. The second-order valence-electron chi connectivity index (χ2n) is 6.66. The van der Waals surface area contributed by atoms with Crippen molar-refractivity contribution >= 4 is 11.8 Å². The lowest BCUT2D eigenvalue weighted by Gasteiger charge is -2.27. The van der Waals surface area contributed by atoms with E-state index in [4.69, 9.17) is 0 Å². The van der Waals surface area contributed by atoms with E-state index in [2.05, 4.69) is 22.8 Å². The van der Waals surface area contributed by atoms with Crippen LogP contribution in [0.2, 0.25) is 0 Å². The topological polar surface area (TPSA) is 58.2 Å². The summed E-state index contributed by atoms with van der Waals surface area (Å²) in [6.07, 6.45) is 3.40. The number of aryl methyl sites for hydroxylation is 1. The summed E-state index contributed by atoms with van der Waals surface area (Å²) >= 11 is 0. The van der Waals surface area contributed by atoms with Gasteiger partial charge in [-0.3, -0.25) is 9.59 Å². The van der Waals surface area contributed by atoms with Crippen molar-refractivity contribution in [2.45, 2.75) is 44.7 Å². The molecular weight excluding hydrogens is 312 g/mol. The Hall–Kier alpha value is -2.62. The first kappa shape index (κ1) is 17.2. The maximum atomic E-state index is 12.4. The molecule has 0 spiro atoms. The Balaban J connectivity index is 1.54. The number of carbonyl (C=O) groups excluding carboxylic acids is 2. The third-order valence-electron chi connectivity index (χ3n) is 4.61. The van der Waals surface area contributed by atoms with Gasteiger partial charge >= 0.3 is 0 Å². The average molecular weight is 336 g/mol. The summed E-state index contributed by atoms with van der Waals surface area (Å²) in [4.78, 5) is 24.5. The van der Waals surface area contributed by atoms with E-state index >= 15 is 0 Å². The van der Waals surface area contributed by atoms with Crippen molar-refractivity contribution in [2.75, 3.05) is 0 Å². The van der Waals surface area contributed by atoms with Gasteiger partial charge < -0.3 is 10.6 Å². The molecule has 4 heteroatoms. The molecule has 1 aliphatic rings. The van der Waals surface area contributed by atoms with Crippen LogP contribution in [0.15, 0.2) is 54.6 Å². The van der Waals surface area contributed by atoms with E-state index in [0.29, 0.717) is 5.56 Å². The predicted octanol–water partition coefficient (Wildman–Crippen LogP) is 3.39. The minimum atomic E-state index is -0.216. The predicted molar refractivity (Wildman–Crippen MR) is 98.3 cm³/mol. The molecule has 0 radical (unpaired) electrons. The number of hydrogen-bond acceptors (Lipinski definition) is 2. The molecule has 0 fully saturated rings. The molecule has 0 unspecified atom stereocenters. The molecule has 2 N–H and O–H groups in total. The van der Waals surface area contributed by atoms with E-state index in [9.17, 15) is 9.59 Å². The Morgan fingerprint density at radius 3 is 2.60 bits per heavy atom. The van der Waals surface area contributed by atoms with Crippen LogP contribution in [0.3, 0.4) is 0 Å². The van der Waals surface area contributed by atoms with Gasteiger partial charge in [-0.25, -0.2) is 0 Å². The highest BCUT2D eigenvalue weighted by Crippen LogP contribution is 2.29. The maximum Gasteiger partial charge on any atom is 0.251 e. The van der Waals surface area contributed by atoms with Gasteiger partial charge in [0.2, 0.25) is 5.91 Å². The second kappa shape index (κ2) is 7.97. The fourth-order valence-electron chi connectivity index (χ4n) is 3.38. The summed E-state index contributed by atoms with van der Waals surface area (Å²) in [6.45, 7) is 1.86. The Morgan fingerprint density at radius 1 is 1.08 bits per heavy atom. The van der Waals surface area contributed by atoms with E-state index in [1.807, 2.05) is 37.3 Å². The highest BCUT2D eigenvalue weighted by molar-refractivity contribution is 5.94. The first-order valence-corrected chi connectivity index (χ1v) is 8.86.